The van der Waals surface area contributed by atoms with Crippen molar-refractivity contribution < 1.29 is 9.53 Å². The number of carbonyl (C=O) groups excluding carboxylic acids is 1. The highest BCUT2D eigenvalue weighted by molar-refractivity contribution is 5.76. The topological polar surface area (TPSA) is 70.3 Å². The predicted octanol–water partition coefficient (Wildman–Crippen LogP) is -0.706. The maximum Gasteiger partial charge on any atom is 0.334 e. The Morgan fingerprint density at radius 1 is 1.38 bits per heavy atom. The molecule has 0 saturated heterocycles. The van der Waals surface area contributed by atoms with Gasteiger partial charge in [0.25, 0.3) is 11.1 Å². The van der Waals surface area contributed by atoms with E-state index in [4.69, 9.17) is 0 Å². The first-order valence-electron chi connectivity index (χ1n) is 4.72. The van der Waals surface area contributed by atoms with E-state index in [2.05, 4.69) is 4.74 Å². The van der Waals surface area contributed by atoms with E-state index in [1.807, 2.05) is 0 Å². The lowest BCUT2D eigenvalue weighted by Crippen LogP contribution is -2.43. The molecule has 2 rings (SSSR count). The van der Waals surface area contributed by atoms with Gasteiger partial charge in [0.05, 0.1) is 13.7 Å². The number of rotatable bonds is 1. The van der Waals surface area contributed by atoms with Gasteiger partial charge < -0.3 is 4.74 Å². The minimum absolute atomic E-state index is 0.280. The van der Waals surface area contributed by atoms with Crippen molar-refractivity contribution in [2.45, 2.75) is 12.6 Å². The molecule has 0 bridgehead atoms. The van der Waals surface area contributed by atoms with Crippen LogP contribution in [-0.4, -0.2) is 22.4 Å². The largest absolute Gasteiger partial charge is 0.467 e. The molecular weight excluding hydrogens is 212 g/mol. The van der Waals surface area contributed by atoms with Gasteiger partial charge in [0, 0.05) is 12.1 Å². The summed E-state index contributed by atoms with van der Waals surface area (Å²) in [5.41, 5.74) is -0.725. The van der Waals surface area contributed by atoms with E-state index in [9.17, 15) is 14.4 Å². The number of esters is 1. The molecule has 0 saturated carbocycles. The summed E-state index contributed by atoms with van der Waals surface area (Å²) in [6.07, 6.45) is 3.20. The minimum Gasteiger partial charge on any atom is -0.467 e. The van der Waals surface area contributed by atoms with Crippen LogP contribution in [0.1, 0.15) is 6.04 Å². The molecule has 1 aromatic rings. The number of fused-ring (bicyclic) bond motifs is 1. The van der Waals surface area contributed by atoms with Crippen molar-refractivity contribution in [3.63, 3.8) is 0 Å². The van der Waals surface area contributed by atoms with Crippen molar-refractivity contribution in [3.05, 3.63) is 45.0 Å². The van der Waals surface area contributed by atoms with Crippen LogP contribution in [-0.2, 0) is 16.1 Å². The van der Waals surface area contributed by atoms with E-state index >= 15 is 0 Å². The summed E-state index contributed by atoms with van der Waals surface area (Å²) in [5, 5.41) is 0. The molecule has 6 heteroatoms. The SMILES string of the molecule is COC(=O)C1C=CCn2c(=O)ccc(=O)n21. The highest BCUT2D eigenvalue weighted by atomic mass is 16.5. The van der Waals surface area contributed by atoms with Crippen LogP contribution in [0, 0.1) is 0 Å². The molecular formula is C10H10N2O4. The molecule has 0 fully saturated rings. The number of carbonyl (C=O) groups is 1. The van der Waals surface area contributed by atoms with Crippen LogP contribution in [0.3, 0.4) is 0 Å². The summed E-state index contributed by atoms with van der Waals surface area (Å²) in [4.78, 5) is 34.5. The second-order valence-corrected chi connectivity index (χ2v) is 3.33. The van der Waals surface area contributed by atoms with Crippen molar-refractivity contribution in [1.29, 1.82) is 0 Å². The van der Waals surface area contributed by atoms with Crippen molar-refractivity contribution in [3.8, 4) is 0 Å². The van der Waals surface area contributed by atoms with E-state index < -0.39 is 17.6 Å². The van der Waals surface area contributed by atoms with Crippen molar-refractivity contribution >= 4 is 5.97 Å². The Kier molecular flexibility index (Phi) is 2.47. The summed E-state index contributed by atoms with van der Waals surface area (Å²) in [6.45, 7) is 0.280. The lowest BCUT2D eigenvalue weighted by Gasteiger charge is -2.22. The van der Waals surface area contributed by atoms with Gasteiger partial charge in [-0.05, 0) is 0 Å². The summed E-state index contributed by atoms with van der Waals surface area (Å²) in [5.74, 6) is -0.572. The molecule has 0 N–H and O–H groups in total. The Labute approximate surface area is 90.4 Å². The molecule has 84 valence electrons. The lowest BCUT2D eigenvalue weighted by molar-refractivity contribution is -0.143. The van der Waals surface area contributed by atoms with Crippen molar-refractivity contribution in [2.75, 3.05) is 7.11 Å². The first-order chi connectivity index (χ1) is 7.65. The zero-order chi connectivity index (χ0) is 11.7. The van der Waals surface area contributed by atoms with Crippen LogP contribution in [0.2, 0.25) is 0 Å². The third-order valence-corrected chi connectivity index (χ3v) is 2.41. The maximum absolute atomic E-state index is 11.6. The number of allylic oxidation sites excluding steroid dienone is 1. The Bertz CT molecular complexity index is 567. The molecule has 6 nitrogen and oxygen atoms in total. The minimum atomic E-state index is -0.861. The summed E-state index contributed by atoms with van der Waals surface area (Å²) < 4.78 is 6.89. The van der Waals surface area contributed by atoms with Gasteiger partial charge in [-0.15, -0.1) is 0 Å². The number of methoxy groups -OCH3 is 1. The van der Waals surface area contributed by atoms with Crippen molar-refractivity contribution in [2.24, 2.45) is 0 Å². The smallest absolute Gasteiger partial charge is 0.334 e. The van der Waals surface area contributed by atoms with Crippen LogP contribution in [0.4, 0.5) is 0 Å². The number of hydrogen-bond donors (Lipinski definition) is 0. The monoisotopic (exact) mass is 222 g/mol. The van der Waals surface area contributed by atoms with Crippen LogP contribution in [0.5, 0.6) is 0 Å². The van der Waals surface area contributed by atoms with E-state index in [0.29, 0.717) is 0 Å². The molecule has 1 aliphatic heterocycles. The molecule has 0 radical (unpaired) electrons. The van der Waals surface area contributed by atoms with Gasteiger partial charge in [-0.25, -0.2) is 14.2 Å². The molecule has 1 atom stereocenters. The highest BCUT2D eigenvalue weighted by Gasteiger charge is 2.24. The van der Waals surface area contributed by atoms with Gasteiger partial charge in [-0.2, -0.15) is 0 Å². The second kappa shape index (κ2) is 3.80. The average molecular weight is 222 g/mol. The standard InChI is InChI=1S/C10H10N2O4/c1-16-10(15)7-3-2-6-11-8(13)4-5-9(14)12(7)11/h2-5,7H,6H2,1H3. The zero-order valence-electron chi connectivity index (χ0n) is 8.62. The summed E-state index contributed by atoms with van der Waals surface area (Å²) in [7, 11) is 1.24. The molecule has 1 unspecified atom stereocenters. The van der Waals surface area contributed by atoms with Gasteiger partial charge in [-0.3, -0.25) is 9.59 Å². The summed E-state index contributed by atoms with van der Waals surface area (Å²) >= 11 is 0. The van der Waals surface area contributed by atoms with Crippen LogP contribution in [0.15, 0.2) is 33.9 Å². The quantitative estimate of drug-likeness (QED) is 0.465. The second-order valence-electron chi connectivity index (χ2n) is 3.33. The molecule has 0 amide bonds. The third kappa shape index (κ3) is 1.48. The molecule has 1 aliphatic rings. The first kappa shape index (κ1) is 10.4. The van der Waals surface area contributed by atoms with Gasteiger partial charge in [0.1, 0.15) is 0 Å². The third-order valence-electron chi connectivity index (χ3n) is 2.41. The normalized spacial score (nSPS) is 17.9. The molecule has 1 aromatic heterocycles. The fourth-order valence-corrected chi connectivity index (χ4v) is 1.67. The number of hydrogen-bond acceptors (Lipinski definition) is 4. The van der Waals surface area contributed by atoms with E-state index in [-0.39, 0.29) is 12.1 Å². The van der Waals surface area contributed by atoms with E-state index in [1.165, 1.54) is 17.9 Å². The Hall–Kier alpha value is -2.11. The highest BCUT2D eigenvalue weighted by Crippen LogP contribution is 2.11. The molecule has 0 aliphatic carbocycles. The average Bonchev–Trinajstić information content (AvgIpc) is 2.32. The Morgan fingerprint density at radius 3 is 2.75 bits per heavy atom. The lowest BCUT2D eigenvalue weighted by atomic mass is 10.2. The van der Waals surface area contributed by atoms with E-state index in [1.54, 1.807) is 12.2 Å². The van der Waals surface area contributed by atoms with Crippen molar-refractivity contribution in [1.82, 2.24) is 9.36 Å². The number of ether oxygens (including phenoxy) is 1. The summed E-state index contributed by atoms with van der Waals surface area (Å²) in [6, 6.07) is 1.47. The van der Waals surface area contributed by atoms with Gasteiger partial charge in [-0.1, -0.05) is 12.2 Å². The zero-order valence-corrected chi connectivity index (χ0v) is 8.62. The van der Waals surface area contributed by atoms with E-state index in [0.717, 1.165) is 10.7 Å². The van der Waals surface area contributed by atoms with Crippen LogP contribution in [0.25, 0.3) is 0 Å². The molecule has 2 heterocycles. The van der Waals surface area contributed by atoms with Crippen LogP contribution >= 0.6 is 0 Å². The first-order valence-corrected chi connectivity index (χ1v) is 4.72. The Morgan fingerprint density at radius 2 is 2.06 bits per heavy atom. The molecule has 16 heavy (non-hydrogen) atoms. The van der Waals surface area contributed by atoms with Crippen LogP contribution < -0.4 is 11.1 Å². The fourth-order valence-electron chi connectivity index (χ4n) is 1.67. The Balaban J connectivity index is 2.66. The molecule has 0 spiro atoms. The van der Waals surface area contributed by atoms with Gasteiger partial charge in [0.15, 0.2) is 6.04 Å². The van der Waals surface area contributed by atoms with Gasteiger partial charge in [0.2, 0.25) is 0 Å². The fraction of sp³-hybridized carbons (Fsp3) is 0.300. The predicted molar refractivity (Wildman–Crippen MR) is 55.2 cm³/mol. The maximum atomic E-state index is 11.6. The number of aromatic nitrogens is 2. The number of nitrogens with zero attached hydrogens (tertiary/aromatic N) is 2. The van der Waals surface area contributed by atoms with Gasteiger partial charge >= 0.3 is 5.97 Å². The molecule has 0 aromatic carbocycles.